The lowest BCUT2D eigenvalue weighted by atomic mass is 9.42. The molecule has 0 unspecified atom stereocenters. The normalized spacial score (nSPS) is 21.5. The van der Waals surface area contributed by atoms with Crippen molar-refractivity contribution in [3.63, 3.8) is 0 Å². The lowest BCUT2D eigenvalue weighted by Gasteiger charge is -2.62. The van der Waals surface area contributed by atoms with Gasteiger partial charge < -0.3 is 4.57 Å². The highest BCUT2D eigenvalue weighted by molar-refractivity contribution is 7.70. The second-order valence-electron chi connectivity index (χ2n) is 18.4. The molecule has 0 saturated heterocycles. The topological polar surface area (TPSA) is 55.7 Å². The third-order valence-electron chi connectivity index (χ3n) is 14.4. The molecule has 0 aliphatic heterocycles. The number of benzene rings is 7. The maximum Gasteiger partial charge on any atom is 0.164 e. The van der Waals surface area contributed by atoms with Gasteiger partial charge in [-0.15, -0.1) is 0 Å². The highest BCUT2D eigenvalue weighted by Gasteiger charge is 2.58. The predicted octanol–water partition coefficient (Wildman–Crippen LogP) is 13.9. The van der Waals surface area contributed by atoms with Crippen molar-refractivity contribution in [2.75, 3.05) is 13.3 Å². The molecule has 0 N–H and O–H groups in total. The summed E-state index contributed by atoms with van der Waals surface area (Å²) in [5.41, 5.74) is 12.8. The fourth-order valence-electron chi connectivity index (χ4n) is 11.5. The summed E-state index contributed by atoms with van der Waals surface area (Å²) in [6.45, 7) is 3.67. The van der Waals surface area contributed by atoms with Gasteiger partial charge in [-0.2, -0.15) is 0 Å². The minimum Gasteiger partial charge on any atom is -0.319 e. The molecule has 4 bridgehead atoms. The Labute approximate surface area is 365 Å². The molecule has 0 amide bonds. The predicted molar refractivity (Wildman–Crippen MR) is 256 cm³/mol. The molecular weight excluding hydrogens is 774 g/mol. The van der Waals surface area contributed by atoms with E-state index in [1.165, 1.54) is 65.5 Å². The van der Waals surface area contributed by atoms with Gasteiger partial charge in [-0.1, -0.05) is 182 Å². The summed E-state index contributed by atoms with van der Waals surface area (Å²) in [5.74, 6) is 4.95. The molecule has 4 nitrogen and oxygen atoms in total. The van der Waals surface area contributed by atoms with Gasteiger partial charge in [0, 0.05) is 27.4 Å². The molecule has 5 heteroatoms. The third-order valence-corrected chi connectivity index (χ3v) is 15.9. The third kappa shape index (κ3) is 7.05. The highest BCUT2D eigenvalue weighted by Crippen LogP contribution is 2.65. The van der Waals surface area contributed by atoms with E-state index in [9.17, 15) is 4.57 Å². The van der Waals surface area contributed by atoms with Gasteiger partial charge in [0.05, 0.1) is 0 Å². The number of nitrogens with zero attached hydrogens (tertiary/aromatic N) is 3. The van der Waals surface area contributed by atoms with Crippen molar-refractivity contribution in [3.05, 3.63) is 193 Å². The fourth-order valence-corrected chi connectivity index (χ4v) is 12.4. The van der Waals surface area contributed by atoms with Crippen molar-refractivity contribution in [2.45, 2.75) is 37.5 Å². The molecule has 0 radical (unpaired) electrons. The van der Waals surface area contributed by atoms with Gasteiger partial charge in [0.25, 0.3) is 0 Å². The van der Waals surface area contributed by atoms with Gasteiger partial charge in [0.2, 0.25) is 0 Å². The SMILES string of the molecule is CP(C)(=O)c1ccc(-c2ccc(C3(c4ccc(-c5nc(-c6ccccc6)nc(-c6ccc(-c7ccc(-c8ccccc8)cc7)cc6)n5)cc4)C4CC5CC(C4)CC3C5)cc2)cc1. The zero-order chi connectivity index (χ0) is 41.8. The quantitative estimate of drug-likeness (QED) is 0.136. The van der Waals surface area contributed by atoms with E-state index in [0.29, 0.717) is 29.3 Å². The molecule has 0 spiro atoms. The highest BCUT2D eigenvalue weighted by atomic mass is 31.2. The molecule has 7 aromatic carbocycles. The zero-order valence-corrected chi connectivity index (χ0v) is 36.3. The maximum absolute atomic E-state index is 12.7. The zero-order valence-electron chi connectivity index (χ0n) is 35.4. The van der Waals surface area contributed by atoms with Crippen molar-refractivity contribution in [1.82, 2.24) is 15.0 Å². The van der Waals surface area contributed by atoms with Crippen molar-refractivity contribution >= 4 is 12.4 Å². The Morgan fingerprint density at radius 1 is 0.371 bits per heavy atom. The van der Waals surface area contributed by atoms with Crippen LogP contribution in [0.1, 0.15) is 43.2 Å². The summed E-state index contributed by atoms with van der Waals surface area (Å²) in [5, 5.41) is 0.925. The average Bonchev–Trinajstić information content (AvgIpc) is 3.32. The molecule has 4 aliphatic rings. The largest absolute Gasteiger partial charge is 0.319 e. The van der Waals surface area contributed by atoms with Crippen LogP contribution in [0.4, 0.5) is 0 Å². The Balaban J connectivity index is 0.933. The van der Waals surface area contributed by atoms with Crippen molar-refractivity contribution in [2.24, 2.45) is 23.7 Å². The number of rotatable bonds is 9. The lowest BCUT2D eigenvalue weighted by molar-refractivity contribution is -0.0418. The van der Waals surface area contributed by atoms with Crippen LogP contribution in [0.3, 0.4) is 0 Å². The minimum absolute atomic E-state index is 0.0333. The smallest absolute Gasteiger partial charge is 0.164 e. The molecule has 1 aromatic heterocycles. The maximum atomic E-state index is 12.7. The average molecular weight is 824 g/mol. The summed E-state index contributed by atoms with van der Waals surface area (Å²) in [6.07, 6.45) is 6.64. The summed E-state index contributed by atoms with van der Waals surface area (Å²) in [6, 6.07) is 65.1. The minimum atomic E-state index is -2.30. The van der Waals surface area contributed by atoms with Gasteiger partial charge in [-0.05, 0) is 114 Å². The standard InChI is InChI=1S/C57H50N3OP/c1-62(2,61)53-31-25-45(26-32-53)44-21-27-49(28-22-44)57(51-34-38-33-39(36-51)37-52(57)35-38)50-29-23-48(24-30-50)56-59-54(46-11-7-4-8-12-46)58-55(60-56)47-19-17-43(18-20-47)42-15-13-41(14-16-42)40-9-5-3-6-10-40/h3-32,38-39,51-52H,33-37H2,1-2H3. The second kappa shape index (κ2) is 15.6. The molecule has 8 aromatic rings. The second-order valence-corrected chi connectivity index (χ2v) is 21.6. The Morgan fingerprint density at radius 2 is 0.661 bits per heavy atom. The molecule has 0 atom stereocenters. The van der Waals surface area contributed by atoms with Gasteiger partial charge in [0.1, 0.15) is 7.14 Å². The van der Waals surface area contributed by atoms with Gasteiger partial charge >= 0.3 is 0 Å². The monoisotopic (exact) mass is 823 g/mol. The molecule has 1 heterocycles. The van der Waals surface area contributed by atoms with Crippen LogP contribution in [-0.4, -0.2) is 28.3 Å². The molecule has 4 saturated carbocycles. The van der Waals surface area contributed by atoms with E-state index in [-0.39, 0.29) is 5.41 Å². The Bertz CT molecular complexity index is 2880. The van der Waals surface area contributed by atoms with Crippen LogP contribution in [0.25, 0.3) is 67.5 Å². The van der Waals surface area contributed by atoms with Crippen LogP contribution in [0.2, 0.25) is 0 Å². The van der Waals surface area contributed by atoms with Gasteiger partial charge in [0.15, 0.2) is 17.5 Å². The molecular formula is C57H50N3OP. The van der Waals surface area contributed by atoms with Crippen LogP contribution in [-0.2, 0) is 9.98 Å². The summed E-state index contributed by atoms with van der Waals surface area (Å²) in [7, 11) is -2.30. The summed E-state index contributed by atoms with van der Waals surface area (Å²) in [4.78, 5) is 15.3. The van der Waals surface area contributed by atoms with E-state index in [1.54, 1.807) is 0 Å². The van der Waals surface area contributed by atoms with Gasteiger partial charge in [-0.3, -0.25) is 0 Å². The van der Waals surface area contributed by atoms with Gasteiger partial charge in [-0.25, -0.2) is 15.0 Å². The Morgan fingerprint density at radius 3 is 1.05 bits per heavy atom. The van der Waals surface area contributed by atoms with E-state index in [1.807, 2.05) is 43.7 Å². The Kier molecular flexibility index (Phi) is 9.73. The molecule has 12 rings (SSSR count). The van der Waals surface area contributed by atoms with E-state index >= 15 is 0 Å². The first-order chi connectivity index (χ1) is 30.3. The first-order valence-electron chi connectivity index (χ1n) is 22.2. The molecule has 4 aliphatic carbocycles. The molecule has 4 fully saturated rings. The van der Waals surface area contributed by atoms with E-state index < -0.39 is 7.14 Å². The fraction of sp³-hybridized carbons (Fsp3) is 0.211. The van der Waals surface area contributed by atoms with Crippen molar-refractivity contribution < 1.29 is 4.57 Å². The molecule has 304 valence electrons. The number of hydrogen-bond donors (Lipinski definition) is 0. The number of aromatic nitrogens is 3. The first-order valence-corrected chi connectivity index (χ1v) is 24.8. The van der Waals surface area contributed by atoms with E-state index in [2.05, 4.69) is 152 Å². The summed E-state index contributed by atoms with van der Waals surface area (Å²) >= 11 is 0. The van der Waals surface area contributed by atoms with Crippen molar-refractivity contribution in [1.29, 1.82) is 0 Å². The van der Waals surface area contributed by atoms with Crippen LogP contribution in [0.15, 0.2) is 182 Å². The summed E-state index contributed by atoms with van der Waals surface area (Å²) < 4.78 is 12.7. The Hall–Kier alpha value is -6.22. The van der Waals surface area contributed by atoms with Crippen LogP contribution in [0.5, 0.6) is 0 Å². The lowest BCUT2D eigenvalue weighted by Crippen LogP contribution is -2.56. The van der Waals surface area contributed by atoms with Crippen LogP contribution >= 0.6 is 7.14 Å². The van der Waals surface area contributed by atoms with E-state index in [0.717, 1.165) is 45.0 Å². The number of hydrogen-bond acceptors (Lipinski definition) is 4. The van der Waals surface area contributed by atoms with Crippen LogP contribution < -0.4 is 5.30 Å². The van der Waals surface area contributed by atoms with E-state index in [4.69, 9.17) is 15.0 Å². The first kappa shape index (κ1) is 38.7. The van der Waals surface area contributed by atoms with Crippen LogP contribution in [0, 0.1) is 23.7 Å². The molecule has 62 heavy (non-hydrogen) atoms. The van der Waals surface area contributed by atoms with Crippen molar-refractivity contribution in [3.8, 4) is 67.5 Å².